The Morgan fingerprint density at radius 3 is 2.45 bits per heavy atom. The Hall–Kier alpha value is -3.59. The molecule has 2 aliphatic rings. The molecule has 1 aliphatic heterocycles. The summed E-state index contributed by atoms with van der Waals surface area (Å²) in [6.45, 7) is 8.14. The van der Waals surface area contributed by atoms with Crippen LogP contribution in [0.25, 0.3) is 0 Å². The lowest BCUT2D eigenvalue weighted by Crippen LogP contribution is -2.53. The first-order valence-electron chi connectivity index (χ1n) is 16.5. The van der Waals surface area contributed by atoms with Gasteiger partial charge in [0.15, 0.2) is 0 Å². The average molecular weight is 606 g/mol. The van der Waals surface area contributed by atoms with E-state index in [2.05, 4.69) is 29.8 Å². The van der Waals surface area contributed by atoms with Crippen molar-refractivity contribution in [2.75, 3.05) is 36.4 Å². The van der Waals surface area contributed by atoms with Gasteiger partial charge in [-0.05, 0) is 68.7 Å². The number of urea groups is 1. The monoisotopic (exact) mass is 605 g/mol. The summed E-state index contributed by atoms with van der Waals surface area (Å²) in [5.41, 5.74) is 2.87. The van der Waals surface area contributed by atoms with Crippen LogP contribution in [0.15, 0.2) is 48.5 Å². The molecule has 0 unspecified atom stereocenters. The number of carbonyl (C=O) groups is 3. The molecular weight excluding hydrogens is 554 g/mol. The maximum atomic E-state index is 13.8. The van der Waals surface area contributed by atoms with Gasteiger partial charge >= 0.3 is 6.03 Å². The van der Waals surface area contributed by atoms with Gasteiger partial charge < -0.3 is 30.9 Å². The molecule has 0 spiro atoms. The Labute approximate surface area is 262 Å². The number of nitrogens with zero attached hydrogens (tertiary/aromatic N) is 2. The molecule has 2 atom stereocenters. The Bertz CT molecular complexity index is 1230. The van der Waals surface area contributed by atoms with E-state index in [9.17, 15) is 19.5 Å². The number of likely N-dealkylation sites (N-methyl/N-ethyl adjacent to an activating group) is 1. The Morgan fingerprint density at radius 1 is 1.05 bits per heavy atom. The molecule has 2 aromatic carbocycles. The minimum Gasteiger partial charge on any atom is -0.389 e. The van der Waals surface area contributed by atoms with E-state index in [0.29, 0.717) is 43.1 Å². The van der Waals surface area contributed by atoms with Gasteiger partial charge in [-0.3, -0.25) is 9.59 Å². The quantitative estimate of drug-likeness (QED) is 0.232. The summed E-state index contributed by atoms with van der Waals surface area (Å²) >= 11 is 0. The average Bonchev–Trinajstić information content (AvgIpc) is 3.45. The zero-order chi connectivity index (χ0) is 31.5. The summed E-state index contributed by atoms with van der Waals surface area (Å²) in [4.78, 5) is 42.9. The largest absolute Gasteiger partial charge is 0.389 e. The SMILES string of the molecule is CCN(C[C@H](O)[C@H](Cc1ccccc1)NC(=O)c1cc(NCCC(C)C)cc(N2CCCC2=O)c1)C(=O)NC1CCCCC1. The van der Waals surface area contributed by atoms with E-state index in [0.717, 1.165) is 56.3 Å². The van der Waals surface area contributed by atoms with E-state index in [1.165, 1.54) is 6.42 Å². The maximum absolute atomic E-state index is 13.8. The number of aliphatic hydroxyl groups excluding tert-OH is 1. The van der Waals surface area contributed by atoms with Crippen molar-refractivity contribution in [1.82, 2.24) is 15.5 Å². The van der Waals surface area contributed by atoms with Crippen LogP contribution in [0, 0.1) is 5.92 Å². The van der Waals surface area contributed by atoms with E-state index < -0.39 is 12.1 Å². The smallest absolute Gasteiger partial charge is 0.317 e. The van der Waals surface area contributed by atoms with Crippen molar-refractivity contribution in [3.8, 4) is 0 Å². The topological polar surface area (TPSA) is 114 Å². The molecule has 4 amide bonds. The third-order valence-corrected chi connectivity index (χ3v) is 8.70. The van der Waals surface area contributed by atoms with Crippen molar-refractivity contribution >= 4 is 29.2 Å². The first-order chi connectivity index (χ1) is 21.2. The summed E-state index contributed by atoms with van der Waals surface area (Å²) in [6.07, 6.45) is 7.07. The van der Waals surface area contributed by atoms with Crippen LogP contribution in [0.5, 0.6) is 0 Å². The van der Waals surface area contributed by atoms with Gasteiger partial charge in [0, 0.05) is 49.0 Å². The lowest BCUT2D eigenvalue weighted by molar-refractivity contribution is -0.117. The van der Waals surface area contributed by atoms with Gasteiger partial charge in [-0.2, -0.15) is 0 Å². The number of aliphatic hydroxyl groups is 1. The maximum Gasteiger partial charge on any atom is 0.317 e. The predicted octanol–water partition coefficient (Wildman–Crippen LogP) is 5.34. The fraction of sp³-hybridized carbons (Fsp3) is 0.571. The van der Waals surface area contributed by atoms with Gasteiger partial charge in [0.1, 0.15) is 0 Å². The molecule has 240 valence electrons. The standard InChI is InChI=1S/C35H51N5O4/c1-4-39(35(44)37-28-14-9-6-10-15-28)24-32(41)31(20-26-12-7-5-8-13-26)38-34(43)27-21-29(36-18-17-25(2)3)23-30(22-27)40-19-11-16-33(40)42/h5,7-8,12-13,21-23,25,28,31-32,36,41H,4,6,9-11,14-20,24H2,1-3H3,(H,37,44)(H,38,43)/t31-,32-/m0/s1. The lowest BCUT2D eigenvalue weighted by atomic mass is 9.96. The second-order valence-electron chi connectivity index (χ2n) is 12.7. The number of rotatable bonds is 14. The van der Waals surface area contributed by atoms with Crippen molar-refractivity contribution in [2.24, 2.45) is 5.92 Å². The van der Waals surface area contributed by atoms with Crippen LogP contribution in [-0.4, -0.2) is 72.2 Å². The molecule has 2 fully saturated rings. The normalized spacial score (nSPS) is 16.9. The van der Waals surface area contributed by atoms with Crippen molar-refractivity contribution in [2.45, 2.75) is 96.7 Å². The van der Waals surface area contributed by atoms with Crippen molar-refractivity contribution in [3.05, 3.63) is 59.7 Å². The van der Waals surface area contributed by atoms with Crippen LogP contribution in [0.3, 0.4) is 0 Å². The molecule has 9 heteroatoms. The third kappa shape index (κ3) is 9.71. The van der Waals surface area contributed by atoms with Gasteiger partial charge in [-0.15, -0.1) is 0 Å². The molecule has 2 aromatic rings. The highest BCUT2D eigenvalue weighted by Gasteiger charge is 2.28. The first-order valence-corrected chi connectivity index (χ1v) is 16.5. The van der Waals surface area contributed by atoms with Crippen LogP contribution >= 0.6 is 0 Å². The highest BCUT2D eigenvalue weighted by Crippen LogP contribution is 2.27. The Kier molecular flexibility index (Phi) is 12.5. The van der Waals surface area contributed by atoms with Crippen LogP contribution in [0.2, 0.25) is 0 Å². The summed E-state index contributed by atoms with van der Waals surface area (Å²) in [5.74, 6) is 0.251. The minimum absolute atomic E-state index is 0.0548. The number of benzene rings is 2. The molecule has 0 radical (unpaired) electrons. The molecular formula is C35H51N5O4. The number of hydrogen-bond acceptors (Lipinski definition) is 5. The minimum atomic E-state index is -0.997. The number of carbonyl (C=O) groups excluding carboxylic acids is 3. The molecule has 1 saturated heterocycles. The van der Waals surface area contributed by atoms with Gasteiger partial charge in [-0.1, -0.05) is 63.4 Å². The fourth-order valence-corrected chi connectivity index (χ4v) is 6.05. The van der Waals surface area contributed by atoms with Gasteiger partial charge in [-0.25, -0.2) is 4.79 Å². The highest BCUT2D eigenvalue weighted by molar-refractivity contribution is 6.00. The van der Waals surface area contributed by atoms with Gasteiger partial charge in [0.25, 0.3) is 5.91 Å². The number of anilines is 2. The molecule has 4 rings (SSSR count). The fourth-order valence-electron chi connectivity index (χ4n) is 6.05. The number of hydrogen-bond donors (Lipinski definition) is 4. The highest BCUT2D eigenvalue weighted by atomic mass is 16.3. The predicted molar refractivity (Wildman–Crippen MR) is 176 cm³/mol. The molecule has 0 aromatic heterocycles. The summed E-state index contributed by atoms with van der Waals surface area (Å²) in [5, 5.41) is 21.2. The number of nitrogens with one attached hydrogen (secondary N) is 3. The van der Waals surface area contributed by atoms with E-state index >= 15 is 0 Å². The summed E-state index contributed by atoms with van der Waals surface area (Å²) in [6, 6.07) is 14.6. The van der Waals surface area contributed by atoms with E-state index in [-0.39, 0.29) is 30.4 Å². The molecule has 0 bridgehead atoms. The van der Waals surface area contributed by atoms with Crippen molar-refractivity contribution in [1.29, 1.82) is 0 Å². The Morgan fingerprint density at radius 2 is 1.80 bits per heavy atom. The zero-order valence-corrected chi connectivity index (χ0v) is 26.7. The second-order valence-corrected chi connectivity index (χ2v) is 12.7. The van der Waals surface area contributed by atoms with E-state index in [1.54, 1.807) is 15.9 Å². The Balaban J connectivity index is 1.53. The van der Waals surface area contributed by atoms with Crippen molar-refractivity contribution in [3.63, 3.8) is 0 Å². The van der Waals surface area contributed by atoms with E-state index in [1.807, 2.05) is 49.4 Å². The van der Waals surface area contributed by atoms with Gasteiger partial charge in [0.05, 0.1) is 18.7 Å². The first kappa shape index (κ1) is 33.3. The van der Waals surface area contributed by atoms with Gasteiger partial charge in [0.2, 0.25) is 5.91 Å². The molecule has 4 N–H and O–H groups in total. The molecule has 1 aliphatic carbocycles. The van der Waals surface area contributed by atoms with Crippen LogP contribution in [0.4, 0.5) is 16.2 Å². The lowest BCUT2D eigenvalue weighted by Gasteiger charge is -2.32. The second kappa shape index (κ2) is 16.5. The van der Waals surface area contributed by atoms with E-state index in [4.69, 9.17) is 0 Å². The summed E-state index contributed by atoms with van der Waals surface area (Å²) in [7, 11) is 0. The zero-order valence-electron chi connectivity index (χ0n) is 26.7. The van der Waals surface area contributed by atoms with Crippen molar-refractivity contribution < 1.29 is 19.5 Å². The summed E-state index contributed by atoms with van der Waals surface area (Å²) < 4.78 is 0. The third-order valence-electron chi connectivity index (χ3n) is 8.70. The molecule has 9 nitrogen and oxygen atoms in total. The number of amides is 4. The van der Waals surface area contributed by atoms with Crippen LogP contribution < -0.4 is 20.9 Å². The molecule has 44 heavy (non-hydrogen) atoms. The van der Waals surface area contributed by atoms with Crippen LogP contribution in [-0.2, 0) is 11.2 Å². The van der Waals surface area contributed by atoms with Crippen LogP contribution in [0.1, 0.15) is 88.1 Å². The molecule has 1 saturated carbocycles. The molecule has 1 heterocycles.